The summed E-state index contributed by atoms with van der Waals surface area (Å²) in [6.45, 7) is 1.87. The van der Waals surface area contributed by atoms with Crippen LogP contribution < -0.4 is 4.90 Å². The van der Waals surface area contributed by atoms with Gasteiger partial charge in [0.15, 0.2) is 0 Å². The van der Waals surface area contributed by atoms with E-state index in [1.807, 2.05) is 36.2 Å². The first-order valence-electron chi connectivity index (χ1n) is 8.81. The minimum absolute atomic E-state index is 0.588. The van der Waals surface area contributed by atoms with Gasteiger partial charge >= 0.3 is 6.18 Å². The number of likely N-dealkylation sites (tertiary alicyclic amines) is 1. The molecule has 26 heavy (non-hydrogen) atoms. The van der Waals surface area contributed by atoms with Gasteiger partial charge in [0.25, 0.3) is 0 Å². The van der Waals surface area contributed by atoms with Gasteiger partial charge in [0.2, 0.25) is 0 Å². The monoisotopic (exact) mass is 358 g/mol. The van der Waals surface area contributed by atoms with Gasteiger partial charge in [-0.25, -0.2) is 0 Å². The lowest BCUT2D eigenvalue weighted by Gasteiger charge is -2.35. The SMILES string of the molecule is CN1CCC(=C2c3ccccc3N(C)c3ccc(C(F)(F)F)cc32)CC1. The molecule has 0 bridgehead atoms. The summed E-state index contributed by atoms with van der Waals surface area (Å²) < 4.78 is 40.0. The van der Waals surface area contributed by atoms with E-state index in [1.165, 1.54) is 17.7 Å². The number of anilines is 2. The van der Waals surface area contributed by atoms with Gasteiger partial charge in [-0.05, 0) is 49.7 Å². The Morgan fingerprint density at radius 3 is 2.19 bits per heavy atom. The number of alkyl halides is 3. The van der Waals surface area contributed by atoms with Gasteiger partial charge in [0.05, 0.1) is 5.56 Å². The summed E-state index contributed by atoms with van der Waals surface area (Å²) >= 11 is 0. The zero-order valence-corrected chi connectivity index (χ0v) is 14.9. The second-order valence-corrected chi connectivity index (χ2v) is 7.09. The van der Waals surface area contributed by atoms with Crippen molar-refractivity contribution in [1.82, 2.24) is 4.90 Å². The van der Waals surface area contributed by atoms with Crippen molar-refractivity contribution >= 4 is 16.9 Å². The number of piperidine rings is 1. The van der Waals surface area contributed by atoms with Crippen molar-refractivity contribution < 1.29 is 13.2 Å². The van der Waals surface area contributed by atoms with Gasteiger partial charge in [-0.15, -0.1) is 0 Å². The van der Waals surface area contributed by atoms with Crippen molar-refractivity contribution in [3.63, 3.8) is 0 Å². The Balaban J connectivity index is 1.96. The number of hydrogen-bond donors (Lipinski definition) is 0. The molecule has 1 saturated heterocycles. The molecular formula is C21H21F3N2. The van der Waals surface area contributed by atoms with Crippen LogP contribution in [0.15, 0.2) is 48.0 Å². The maximum Gasteiger partial charge on any atom is 0.416 e. The van der Waals surface area contributed by atoms with Gasteiger partial charge in [0, 0.05) is 42.6 Å². The third kappa shape index (κ3) is 2.80. The molecule has 1 fully saturated rings. The van der Waals surface area contributed by atoms with Crippen LogP contribution in [-0.2, 0) is 6.18 Å². The summed E-state index contributed by atoms with van der Waals surface area (Å²) in [7, 11) is 4.00. The third-order valence-corrected chi connectivity index (χ3v) is 5.43. The quantitative estimate of drug-likeness (QED) is 0.629. The smallest absolute Gasteiger partial charge is 0.344 e. The highest BCUT2D eigenvalue weighted by Crippen LogP contribution is 2.48. The van der Waals surface area contributed by atoms with Crippen LogP contribution in [0, 0.1) is 0 Å². The van der Waals surface area contributed by atoms with Gasteiger partial charge in [-0.1, -0.05) is 23.8 Å². The summed E-state index contributed by atoms with van der Waals surface area (Å²) in [6.07, 6.45) is -2.56. The Morgan fingerprint density at radius 2 is 1.50 bits per heavy atom. The van der Waals surface area contributed by atoms with Crippen molar-refractivity contribution in [2.45, 2.75) is 19.0 Å². The molecule has 5 heteroatoms. The van der Waals surface area contributed by atoms with Crippen LogP contribution in [0.4, 0.5) is 24.5 Å². The van der Waals surface area contributed by atoms with Gasteiger partial charge < -0.3 is 9.80 Å². The molecule has 0 saturated carbocycles. The van der Waals surface area contributed by atoms with E-state index < -0.39 is 11.7 Å². The number of halogens is 3. The van der Waals surface area contributed by atoms with Crippen LogP contribution in [0.25, 0.3) is 5.57 Å². The first-order valence-corrected chi connectivity index (χ1v) is 8.81. The molecule has 2 aromatic rings. The maximum atomic E-state index is 13.3. The summed E-state index contributed by atoms with van der Waals surface area (Å²) in [4.78, 5) is 4.25. The van der Waals surface area contributed by atoms with E-state index in [0.717, 1.165) is 48.4 Å². The van der Waals surface area contributed by atoms with Crippen molar-refractivity contribution in [2.24, 2.45) is 0 Å². The third-order valence-electron chi connectivity index (χ3n) is 5.43. The molecule has 2 aliphatic heterocycles. The van der Waals surface area contributed by atoms with Crippen LogP contribution in [-0.4, -0.2) is 32.1 Å². The Kier molecular flexibility index (Phi) is 4.07. The van der Waals surface area contributed by atoms with E-state index in [1.54, 1.807) is 6.07 Å². The van der Waals surface area contributed by atoms with E-state index in [9.17, 15) is 13.2 Å². The van der Waals surface area contributed by atoms with Crippen molar-refractivity contribution in [3.05, 3.63) is 64.7 Å². The Morgan fingerprint density at radius 1 is 0.846 bits per heavy atom. The predicted molar refractivity (Wildman–Crippen MR) is 98.7 cm³/mol. The molecule has 4 rings (SSSR count). The second-order valence-electron chi connectivity index (χ2n) is 7.09. The fourth-order valence-corrected chi connectivity index (χ4v) is 3.98. The second kappa shape index (κ2) is 6.16. The first kappa shape index (κ1) is 17.2. The summed E-state index contributed by atoms with van der Waals surface area (Å²) in [5.74, 6) is 0. The molecular weight excluding hydrogens is 337 g/mol. The number of para-hydroxylation sites is 1. The van der Waals surface area contributed by atoms with Crippen molar-refractivity contribution in [3.8, 4) is 0 Å². The fraction of sp³-hybridized carbons (Fsp3) is 0.333. The Labute approximate surface area is 151 Å². The standard InChI is InChI=1S/C21H21F3N2/c1-25-11-9-14(10-12-25)20-16-5-3-4-6-18(16)26(2)19-8-7-15(13-17(19)20)21(22,23)24/h3-8,13H,9-12H2,1-2H3. The predicted octanol–water partition coefficient (Wildman–Crippen LogP) is 5.31. The molecule has 0 amide bonds. The molecule has 2 heterocycles. The minimum atomic E-state index is -4.34. The molecule has 2 aliphatic rings. The van der Waals surface area contributed by atoms with Crippen LogP contribution in [0.2, 0.25) is 0 Å². The fourth-order valence-electron chi connectivity index (χ4n) is 3.98. The minimum Gasteiger partial charge on any atom is -0.344 e. The molecule has 2 nitrogen and oxygen atoms in total. The van der Waals surface area contributed by atoms with E-state index in [2.05, 4.69) is 11.9 Å². The van der Waals surface area contributed by atoms with Crippen LogP contribution >= 0.6 is 0 Å². The van der Waals surface area contributed by atoms with E-state index >= 15 is 0 Å². The summed E-state index contributed by atoms with van der Waals surface area (Å²) in [5, 5.41) is 0. The molecule has 0 N–H and O–H groups in total. The number of rotatable bonds is 0. The number of nitrogens with zero attached hydrogens (tertiary/aromatic N) is 2. The van der Waals surface area contributed by atoms with Crippen molar-refractivity contribution in [2.75, 3.05) is 32.1 Å². The highest BCUT2D eigenvalue weighted by Gasteiger charge is 2.34. The molecule has 136 valence electrons. The van der Waals surface area contributed by atoms with E-state index in [-0.39, 0.29) is 0 Å². The highest BCUT2D eigenvalue weighted by atomic mass is 19.4. The molecule has 0 unspecified atom stereocenters. The molecule has 0 aromatic heterocycles. The summed E-state index contributed by atoms with van der Waals surface area (Å²) in [5.41, 5.74) is 5.26. The number of benzene rings is 2. The molecule has 2 aromatic carbocycles. The topological polar surface area (TPSA) is 6.48 Å². The van der Waals surface area contributed by atoms with Gasteiger partial charge in [-0.3, -0.25) is 0 Å². The largest absolute Gasteiger partial charge is 0.416 e. The van der Waals surface area contributed by atoms with Crippen molar-refractivity contribution in [1.29, 1.82) is 0 Å². The van der Waals surface area contributed by atoms with E-state index in [4.69, 9.17) is 0 Å². The molecule has 0 aliphatic carbocycles. The highest BCUT2D eigenvalue weighted by molar-refractivity contribution is 5.99. The lowest BCUT2D eigenvalue weighted by molar-refractivity contribution is -0.137. The molecule has 0 radical (unpaired) electrons. The summed E-state index contributed by atoms with van der Waals surface area (Å²) in [6, 6.07) is 12.1. The number of fused-ring (bicyclic) bond motifs is 2. The average Bonchev–Trinajstić information content (AvgIpc) is 2.62. The van der Waals surface area contributed by atoms with Gasteiger partial charge in [0.1, 0.15) is 0 Å². The Bertz CT molecular complexity index is 873. The van der Waals surface area contributed by atoms with Crippen LogP contribution in [0.3, 0.4) is 0 Å². The normalized spacial score (nSPS) is 18.0. The lowest BCUT2D eigenvalue weighted by Crippen LogP contribution is -2.28. The van der Waals surface area contributed by atoms with E-state index in [0.29, 0.717) is 5.56 Å². The molecule has 0 spiro atoms. The number of hydrogen-bond acceptors (Lipinski definition) is 2. The van der Waals surface area contributed by atoms with Crippen LogP contribution in [0.1, 0.15) is 29.5 Å². The average molecular weight is 358 g/mol. The maximum absolute atomic E-state index is 13.3. The molecule has 0 atom stereocenters. The van der Waals surface area contributed by atoms with Gasteiger partial charge in [-0.2, -0.15) is 13.2 Å². The van der Waals surface area contributed by atoms with Crippen LogP contribution in [0.5, 0.6) is 0 Å². The lowest BCUT2D eigenvalue weighted by atomic mass is 9.83. The zero-order chi connectivity index (χ0) is 18.5. The zero-order valence-electron chi connectivity index (χ0n) is 14.9. The Hall–Kier alpha value is -2.27. The first-order chi connectivity index (χ1) is 12.4.